The summed E-state index contributed by atoms with van der Waals surface area (Å²) < 4.78 is 0. The molecule has 0 unspecified atom stereocenters. The van der Waals surface area contributed by atoms with E-state index in [2.05, 4.69) is 11.8 Å². The minimum Gasteiger partial charge on any atom is -0.387 e. The Bertz CT molecular complexity index is 235. The normalized spacial score (nSPS) is 19.2. The van der Waals surface area contributed by atoms with Crippen molar-refractivity contribution in [3.8, 4) is 0 Å². The second-order valence-corrected chi connectivity index (χ2v) is 5.08. The van der Waals surface area contributed by atoms with E-state index in [-0.39, 0.29) is 5.91 Å². The van der Waals surface area contributed by atoms with Crippen LogP contribution in [-0.4, -0.2) is 60.1 Å². The number of nitrogens with zero attached hydrogens (tertiary/aromatic N) is 2. The smallest absolute Gasteiger partial charge is 0.222 e. The molecule has 0 aromatic carbocycles. The van der Waals surface area contributed by atoms with Gasteiger partial charge < -0.3 is 10.0 Å². The van der Waals surface area contributed by atoms with Gasteiger partial charge in [0.25, 0.3) is 0 Å². The Balaban J connectivity index is 2.07. The lowest BCUT2D eigenvalue weighted by Crippen LogP contribution is -2.61. The molecule has 0 atom stereocenters. The van der Waals surface area contributed by atoms with Gasteiger partial charge in [0.05, 0.1) is 5.60 Å². The molecule has 1 heterocycles. The van der Waals surface area contributed by atoms with Crippen LogP contribution in [0.4, 0.5) is 0 Å². The summed E-state index contributed by atoms with van der Waals surface area (Å²) in [4.78, 5) is 15.2. The molecule has 0 saturated carbocycles. The monoisotopic (exact) mass is 228 g/mol. The van der Waals surface area contributed by atoms with Crippen molar-refractivity contribution in [2.75, 3.05) is 33.7 Å². The molecule has 0 aromatic rings. The molecule has 0 bridgehead atoms. The van der Waals surface area contributed by atoms with Gasteiger partial charge in [-0.25, -0.2) is 0 Å². The fraction of sp³-hybridized carbons (Fsp3) is 0.917. The summed E-state index contributed by atoms with van der Waals surface area (Å²) in [6.07, 6.45) is 3.42. The first kappa shape index (κ1) is 13.5. The molecule has 1 saturated heterocycles. The van der Waals surface area contributed by atoms with Gasteiger partial charge in [-0.15, -0.1) is 0 Å². The third-order valence-electron chi connectivity index (χ3n) is 3.11. The molecule has 4 nitrogen and oxygen atoms in total. The minimum absolute atomic E-state index is 0.185. The Hall–Kier alpha value is -0.610. The lowest BCUT2D eigenvalue weighted by molar-refractivity contribution is -0.129. The third kappa shape index (κ3) is 3.76. The zero-order chi connectivity index (χ0) is 12.2. The zero-order valence-electron chi connectivity index (χ0n) is 10.7. The number of amides is 1. The van der Waals surface area contributed by atoms with E-state index in [9.17, 15) is 9.90 Å². The summed E-state index contributed by atoms with van der Waals surface area (Å²) in [5, 5.41) is 9.96. The van der Waals surface area contributed by atoms with E-state index in [1.807, 2.05) is 0 Å². The number of hydrogen-bond donors (Lipinski definition) is 1. The van der Waals surface area contributed by atoms with Crippen LogP contribution in [0.3, 0.4) is 0 Å². The number of carbonyl (C=O) groups excluding carboxylic acids is 1. The van der Waals surface area contributed by atoms with Crippen molar-refractivity contribution in [3.05, 3.63) is 0 Å². The predicted molar refractivity (Wildman–Crippen MR) is 64.2 cm³/mol. The summed E-state index contributed by atoms with van der Waals surface area (Å²) in [6, 6.07) is 0. The second kappa shape index (κ2) is 5.64. The first-order valence-electron chi connectivity index (χ1n) is 6.12. The van der Waals surface area contributed by atoms with Gasteiger partial charge in [0.15, 0.2) is 0 Å². The molecule has 0 radical (unpaired) electrons. The topological polar surface area (TPSA) is 43.8 Å². The van der Waals surface area contributed by atoms with Crippen LogP contribution in [0, 0.1) is 0 Å². The summed E-state index contributed by atoms with van der Waals surface area (Å²) in [6.45, 7) is 4.57. The van der Waals surface area contributed by atoms with E-state index in [0.29, 0.717) is 6.42 Å². The third-order valence-corrected chi connectivity index (χ3v) is 3.11. The van der Waals surface area contributed by atoms with Gasteiger partial charge in [-0.3, -0.25) is 9.69 Å². The van der Waals surface area contributed by atoms with Gasteiger partial charge in [0.2, 0.25) is 5.91 Å². The van der Waals surface area contributed by atoms with E-state index in [1.165, 1.54) is 0 Å². The Morgan fingerprint density at radius 3 is 2.56 bits per heavy atom. The molecule has 1 N–H and O–H groups in total. The van der Waals surface area contributed by atoms with E-state index in [0.717, 1.165) is 38.9 Å². The first-order chi connectivity index (χ1) is 7.47. The Morgan fingerprint density at radius 1 is 1.44 bits per heavy atom. The molecule has 1 amide bonds. The van der Waals surface area contributed by atoms with Crippen molar-refractivity contribution < 1.29 is 9.90 Å². The fourth-order valence-corrected chi connectivity index (χ4v) is 2.25. The molecule has 1 aliphatic heterocycles. The van der Waals surface area contributed by atoms with Crippen LogP contribution in [0.2, 0.25) is 0 Å². The maximum absolute atomic E-state index is 11.3. The maximum Gasteiger partial charge on any atom is 0.222 e. The molecule has 1 aliphatic rings. The van der Waals surface area contributed by atoms with E-state index in [4.69, 9.17) is 0 Å². The van der Waals surface area contributed by atoms with Crippen LogP contribution in [0.5, 0.6) is 0 Å². The maximum atomic E-state index is 11.3. The molecule has 0 aliphatic carbocycles. The van der Waals surface area contributed by atoms with Crippen LogP contribution in [0.1, 0.15) is 32.6 Å². The molecule has 0 spiro atoms. The van der Waals surface area contributed by atoms with E-state index >= 15 is 0 Å². The SMILES string of the molecule is CCCC1(O)CN(CCCC(=O)N(C)C)C1. The van der Waals surface area contributed by atoms with Crippen LogP contribution < -0.4 is 0 Å². The molecule has 16 heavy (non-hydrogen) atoms. The van der Waals surface area contributed by atoms with Crippen LogP contribution >= 0.6 is 0 Å². The number of hydrogen-bond acceptors (Lipinski definition) is 3. The highest BCUT2D eigenvalue weighted by atomic mass is 16.3. The standard InChI is InChI=1S/C12H24N2O2/c1-4-7-12(16)9-14(10-12)8-5-6-11(15)13(2)3/h16H,4-10H2,1-3H3. The number of rotatable bonds is 6. The predicted octanol–water partition coefficient (Wildman–Crippen LogP) is 0.702. The number of carbonyl (C=O) groups is 1. The van der Waals surface area contributed by atoms with Crippen LogP contribution in [-0.2, 0) is 4.79 Å². The van der Waals surface area contributed by atoms with Crippen molar-refractivity contribution in [2.45, 2.75) is 38.2 Å². The van der Waals surface area contributed by atoms with Crippen molar-refractivity contribution in [1.29, 1.82) is 0 Å². The number of likely N-dealkylation sites (tertiary alicyclic amines) is 1. The van der Waals surface area contributed by atoms with Crippen LogP contribution in [0.15, 0.2) is 0 Å². The number of aliphatic hydroxyl groups is 1. The van der Waals surface area contributed by atoms with Gasteiger partial charge in [-0.1, -0.05) is 13.3 Å². The molecule has 94 valence electrons. The Morgan fingerprint density at radius 2 is 2.06 bits per heavy atom. The van der Waals surface area contributed by atoms with Gasteiger partial charge in [-0.2, -0.15) is 0 Å². The van der Waals surface area contributed by atoms with Crippen molar-refractivity contribution in [1.82, 2.24) is 9.80 Å². The second-order valence-electron chi connectivity index (χ2n) is 5.08. The highest BCUT2D eigenvalue weighted by Crippen LogP contribution is 2.25. The lowest BCUT2D eigenvalue weighted by Gasteiger charge is -2.46. The zero-order valence-corrected chi connectivity index (χ0v) is 10.7. The van der Waals surface area contributed by atoms with Crippen molar-refractivity contribution >= 4 is 5.91 Å². The van der Waals surface area contributed by atoms with E-state index in [1.54, 1.807) is 19.0 Å². The van der Waals surface area contributed by atoms with Crippen molar-refractivity contribution in [2.24, 2.45) is 0 Å². The minimum atomic E-state index is -0.444. The number of β-amino-alcohol motifs (C(OH)–C–C–N with tert-alkyl or cyclic N) is 1. The van der Waals surface area contributed by atoms with Crippen molar-refractivity contribution in [3.63, 3.8) is 0 Å². The highest BCUT2D eigenvalue weighted by Gasteiger charge is 2.39. The van der Waals surface area contributed by atoms with Gasteiger partial charge in [-0.05, 0) is 19.4 Å². The largest absolute Gasteiger partial charge is 0.387 e. The van der Waals surface area contributed by atoms with Gasteiger partial charge in [0.1, 0.15) is 0 Å². The molecule has 4 heteroatoms. The fourth-order valence-electron chi connectivity index (χ4n) is 2.25. The lowest BCUT2D eigenvalue weighted by atomic mass is 9.89. The average Bonchev–Trinajstić information content (AvgIpc) is 2.15. The summed E-state index contributed by atoms with van der Waals surface area (Å²) in [7, 11) is 3.57. The summed E-state index contributed by atoms with van der Waals surface area (Å²) >= 11 is 0. The molecular formula is C12H24N2O2. The van der Waals surface area contributed by atoms with Gasteiger partial charge >= 0.3 is 0 Å². The Labute approximate surface area is 98.2 Å². The quantitative estimate of drug-likeness (QED) is 0.728. The molecule has 1 rings (SSSR count). The van der Waals surface area contributed by atoms with Gasteiger partial charge in [0, 0.05) is 33.6 Å². The molecule has 0 aromatic heterocycles. The highest BCUT2D eigenvalue weighted by molar-refractivity contribution is 5.75. The Kier molecular flexibility index (Phi) is 4.74. The van der Waals surface area contributed by atoms with E-state index < -0.39 is 5.60 Å². The van der Waals surface area contributed by atoms with Crippen LogP contribution in [0.25, 0.3) is 0 Å². The molecular weight excluding hydrogens is 204 g/mol. The molecule has 1 fully saturated rings. The first-order valence-corrected chi connectivity index (χ1v) is 6.12. The summed E-state index contributed by atoms with van der Waals surface area (Å²) in [5.74, 6) is 0.185. The average molecular weight is 228 g/mol. The summed E-state index contributed by atoms with van der Waals surface area (Å²) in [5.41, 5.74) is -0.444.